The number of rotatable bonds is 3. The molecule has 0 fully saturated rings. The van der Waals surface area contributed by atoms with E-state index in [0.717, 1.165) is 23.1 Å². The van der Waals surface area contributed by atoms with E-state index in [4.69, 9.17) is 0 Å². The number of ketones is 1. The SMILES string of the molecule is CC1(C)c2sc(=O)[nH]c2SC(C(=O)O)C1C(=O)c1ccc(F)cc1. The molecule has 3 rings (SSSR count). The molecule has 5 nitrogen and oxygen atoms in total. The normalized spacial score (nSPS) is 22.0. The first-order chi connectivity index (χ1) is 11.2. The van der Waals surface area contributed by atoms with Crippen molar-refractivity contribution in [1.29, 1.82) is 0 Å². The third-order valence-corrected chi connectivity index (χ3v) is 6.80. The summed E-state index contributed by atoms with van der Waals surface area (Å²) in [6.45, 7) is 3.52. The summed E-state index contributed by atoms with van der Waals surface area (Å²) in [5.74, 6) is -2.83. The highest BCUT2D eigenvalue weighted by Crippen LogP contribution is 2.50. The van der Waals surface area contributed by atoms with E-state index >= 15 is 0 Å². The molecule has 1 aromatic carbocycles. The lowest BCUT2D eigenvalue weighted by molar-refractivity contribution is -0.137. The molecule has 8 heteroatoms. The Hall–Kier alpha value is -1.93. The number of fused-ring (bicyclic) bond motifs is 1. The van der Waals surface area contributed by atoms with Crippen molar-refractivity contribution in [2.45, 2.75) is 29.5 Å². The van der Waals surface area contributed by atoms with E-state index in [9.17, 15) is 23.9 Å². The highest BCUT2D eigenvalue weighted by molar-refractivity contribution is 8.00. The Labute approximate surface area is 144 Å². The topological polar surface area (TPSA) is 87.2 Å². The van der Waals surface area contributed by atoms with Crippen LogP contribution in [-0.2, 0) is 10.2 Å². The average molecular weight is 367 g/mol. The Balaban J connectivity index is 2.12. The molecule has 2 unspecified atom stereocenters. The summed E-state index contributed by atoms with van der Waals surface area (Å²) >= 11 is 1.98. The molecular weight excluding hydrogens is 353 g/mol. The molecule has 126 valence electrons. The summed E-state index contributed by atoms with van der Waals surface area (Å²) in [4.78, 5) is 39.4. The predicted molar refractivity (Wildman–Crippen MR) is 89.5 cm³/mol. The number of H-pyrrole nitrogens is 1. The van der Waals surface area contributed by atoms with Gasteiger partial charge in [0, 0.05) is 15.9 Å². The zero-order valence-electron chi connectivity index (χ0n) is 12.8. The lowest BCUT2D eigenvalue weighted by Gasteiger charge is -2.40. The zero-order chi connectivity index (χ0) is 17.6. The summed E-state index contributed by atoms with van der Waals surface area (Å²) < 4.78 is 13.1. The monoisotopic (exact) mass is 367 g/mol. The van der Waals surface area contributed by atoms with Crippen LogP contribution >= 0.6 is 23.1 Å². The van der Waals surface area contributed by atoms with Crippen molar-refractivity contribution in [3.8, 4) is 0 Å². The van der Waals surface area contributed by atoms with Crippen molar-refractivity contribution < 1.29 is 19.1 Å². The first kappa shape index (κ1) is 16.9. The maximum Gasteiger partial charge on any atom is 0.317 e. The van der Waals surface area contributed by atoms with Gasteiger partial charge in [-0.15, -0.1) is 0 Å². The molecule has 2 aromatic rings. The number of benzene rings is 1. The number of carboxylic acid groups (broad SMARTS) is 1. The molecule has 2 N–H and O–H groups in total. The van der Waals surface area contributed by atoms with Crippen molar-refractivity contribution in [2.24, 2.45) is 5.92 Å². The average Bonchev–Trinajstić information content (AvgIpc) is 2.88. The van der Waals surface area contributed by atoms with E-state index in [0.29, 0.717) is 9.90 Å². The number of nitrogens with one attached hydrogen (secondary N) is 1. The van der Waals surface area contributed by atoms with Gasteiger partial charge in [-0.1, -0.05) is 36.9 Å². The van der Waals surface area contributed by atoms with Crippen molar-refractivity contribution in [1.82, 2.24) is 4.98 Å². The largest absolute Gasteiger partial charge is 0.480 e. The van der Waals surface area contributed by atoms with Crippen LogP contribution in [0.3, 0.4) is 0 Å². The maximum absolute atomic E-state index is 13.1. The lowest BCUT2D eigenvalue weighted by atomic mass is 9.71. The molecule has 2 heterocycles. The molecule has 0 bridgehead atoms. The van der Waals surface area contributed by atoms with E-state index in [-0.39, 0.29) is 16.2 Å². The number of aromatic nitrogens is 1. The second-order valence-corrected chi connectivity index (χ2v) is 8.25. The smallest absolute Gasteiger partial charge is 0.317 e. The second kappa shape index (κ2) is 5.86. The highest BCUT2D eigenvalue weighted by atomic mass is 32.2. The molecule has 0 saturated heterocycles. The van der Waals surface area contributed by atoms with Gasteiger partial charge in [0.1, 0.15) is 11.1 Å². The van der Waals surface area contributed by atoms with Crippen molar-refractivity contribution >= 4 is 34.9 Å². The highest BCUT2D eigenvalue weighted by Gasteiger charge is 2.51. The number of carbonyl (C=O) groups excluding carboxylic acids is 1. The van der Waals surface area contributed by atoms with Crippen LogP contribution in [0.25, 0.3) is 0 Å². The lowest BCUT2D eigenvalue weighted by Crippen LogP contribution is -2.47. The number of thioether (sulfide) groups is 1. The molecular formula is C16H14FNO4S2. The van der Waals surface area contributed by atoms with Crippen LogP contribution in [0.4, 0.5) is 4.39 Å². The second-order valence-electron chi connectivity index (χ2n) is 6.12. The van der Waals surface area contributed by atoms with E-state index in [2.05, 4.69) is 4.98 Å². The number of hydrogen-bond donors (Lipinski definition) is 2. The summed E-state index contributed by atoms with van der Waals surface area (Å²) in [6.07, 6.45) is 0. The van der Waals surface area contributed by atoms with E-state index < -0.39 is 28.4 Å². The fraction of sp³-hybridized carbons (Fsp3) is 0.312. The van der Waals surface area contributed by atoms with E-state index in [1.807, 2.05) is 0 Å². The van der Waals surface area contributed by atoms with Gasteiger partial charge in [0.15, 0.2) is 5.78 Å². The molecule has 1 aliphatic rings. The summed E-state index contributed by atoms with van der Waals surface area (Å²) in [5, 5.41) is 9.06. The van der Waals surface area contributed by atoms with Gasteiger partial charge in [-0.2, -0.15) is 0 Å². The van der Waals surface area contributed by atoms with Gasteiger partial charge in [0.2, 0.25) is 0 Å². The van der Waals surface area contributed by atoms with E-state index in [1.165, 1.54) is 24.3 Å². The van der Waals surface area contributed by atoms with Crippen LogP contribution in [0.15, 0.2) is 34.1 Å². The van der Waals surface area contributed by atoms with Gasteiger partial charge < -0.3 is 10.1 Å². The first-order valence-electron chi connectivity index (χ1n) is 7.14. The Morgan fingerprint density at radius 2 is 1.88 bits per heavy atom. The van der Waals surface area contributed by atoms with Gasteiger partial charge in [-0.05, 0) is 24.3 Å². The molecule has 1 aromatic heterocycles. The Bertz CT molecular complexity index is 869. The van der Waals surface area contributed by atoms with Crippen molar-refractivity contribution in [3.05, 3.63) is 50.2 Å². The first-order valence-corrected chi connectivity index (χ1v) is 8.84. The minimum absolute atomic E-state index is 0.257. The number of halogens is 1. The standard InChI is InChI=1S/C16H14FNO4S2/c1-16(2)9(10(19)7-3-5-8(17)6-4-7)11(14(20)21)23-13-12(16)24-15(22)18-13/h3-6,9,11H,1-2H3,(H,18,22)(H,20,21). The third-order valence-electron chi connectivity index (χ3n) is 4.18. The predicted octanol–water partition coefficient (Wildman–Crippen LogP) is 2.91. The summed E-state index contributed by atoms with van der Waals surface area (Å²) in [6, 6.07) is 5.05. The number of thiazole rings is 1. The quantitative estimate of drug-likeness (QED) is 0.815. The van der Waals surface area contributed by atoms with E-state index in [1.54, 1.807) is 13.8 Å². The summed E-state index contributed by atoms with van der Waals surface area (Å²) in [7, 11) is 0. The van der Waals surface area contributed by atoms with Crippen LogP contribution in [-0.4, -0.2) is 27.1 Å². The minimum atomic E-state index is -1.12. The van der Waals surface area contributed by atoms with Crippen LogP contribution in [0.1, 0.15) is 29.1 Å². The number of hydrogen-bond acceptors (Lipinski definition) is 5. The number of carbonyl (C=O) groups is 2. The number of Topliss-reactive ketones (excluding diaryl/α,β-unsaturated/α-hetero) is 1. The van der Waals surface area contributed by atoms with Crippen LogP contribution in [0.2, 0.25) is 0 Å². The minimum Gasteiger partial charge on any atom is -0.480 e. The fourth-order valence-electron chi connectivity index (χ4n) is 2.99. The van der Waals surface area contributed by atoms with Crippen LogP contribution < -0.4 is 4.87 Å². The van der Waals surface area contributed by atoms with Crippen LogP contribution in [0.5, 0.6) is 0 Å². The van der Waals surface area contributed by atoms with Gasteiger partial charge >= 0.3 is 10.8 Å². The van der Waals surface area contributed by atoms with Crippen LogP contribution in [0, 0.1) is 11.7 Å². The number of aromatic amines is 1. The van der Waals surface area contributed by atoms with Gasteiger partial charge in [0.25, 0.3) is 0 Å². The van der Waals surface area contributed by atoms with Gasteiger partial charge in [-0.3, -0.25) is 14.4 Å². The molecule has 24 heavy (non-hydrogen) atoms. The van der Waals surface area contributed by atoms with Crippen molar-refractivity contribution in [2.75, 3.05) is 0 Å². The molecule has 2 atom stereocenters. The Morgan fingerprint density at radius 1 is 1.25 bits per heavy atom. The zero-order valence-corrected chi connectivity index (χ0v) is 14.5. The molecule has 0 saturated carbocycles. The summed E-state index contributed by atoms with van der Waals surface area (Å²) in [5.41, 5.74) is -0.577. The van der Waals surface area contributed by atoms with Gasteiger partial charge in [0.05, 0.1) is 10.9 Å². The molecule has 1 aliphatic heterocycles. The number of aliphatic carboxylic acids is 1. The Kier molecular flexibility index (Phi) is 4.13. The van der Waals surface area contributed by atoms with Crippen molar-refractivity contribution in [3.63, 3.8) is 0 Å². The third kappa shape index (κ3) is 2.69. The molecule has 0 amide bonds. The van der Waals surface area contributed by atoms with Gasteiger partial charge in [-0.25, -0.2) is 4.39 Å². The molecule has 0 aliphatic carbocycles. The molecule has 0 radical (unpaired) electrons. The fourth-order valence-corrected chi connectivity index (χ4v) is 5.67. The maximum atomic E-state index is 13.1. The molecule has 0 spiro atoms. The Morgan fingerprint density at radius 3 is 2.46 bits per heavy atom. The number of carboxylic acids is 1.